The number of carbonyl (C=O) groups is 2. The van der Waals surface area contributed by atoms with E-state index in [0.29, 0.717) is 19.6 Å². The zero-order valence-electron chi connectivity index (χ0n) is 11.7. The largest absolute Gasteiger partial charge is 0.393 e. The third-order valence-electron chi connectivity index (χ3n) is 4.15. The number of fused-ring (bicyclic) bond motifs is 1. The van der Waals surface area contributed by atoms with Gasteiger partial charge in [0.15, 0.2) is 0 Å². The van der Waals surface area contributed by atoms with Crippen LogP contribution in [0, 0.1) is 17.8 Å². The molecule has 0 unspecified atom stereocenters. The molecule has 0 saturated carbocycles. The minimum Gasteiger partial charge on any atom is -0.393 e. The summed E-state index contributed by atoms with van der Waals surface area (Å²) >= 11 is 0. The molecule has 1 saturated heterocycles. The summed E-state index contributed by atoms with van der Waals surface area (Å²) in [6, 6.07) is 9.97. The highest BCUT2D eigenvalue weighted by Gasteiger charge is 2.48. The van der Waals surface area contributed by atoms with Gasteiger partial charge in [-0.25, -0.2) is 0 Å². The van der Waals surface area contributed by atoms with Crippen LogP contribution in [0.15, 0.2) is 42.5 Å². The van der Waals surface area contributed by atoms with E-state index in [2.05, 4.69) is 0 Å². The fourth-order valence-electron chi connectivity index (χ4n) is 3.05. The molecule has 1 heterocycles. The zero-order chi connectivity index (χ0) is 14.7. The minimum atomic E-state index is -0.373. The molecule has 1 fully saturated rings. The van der Waals surface area contributed by atoms with Crippen molar-refractivity contribution >= 4 is 11.9 Å². The van der Waals surface area contributed by atoms with Crippen molar-refractivity contribution in [3.63, 3.8) is 0 Å². The lowest BCUT2D eigenvalue weighted by Crippen LogP contribution is -2.28. The van der Waals surface area contributed by atoms with Crippen molar-refractivity contribution in [3.8, 4) is 0 Å². The first-order chi connectivity index (χ1) is 10.3. The highest BCUT2D eigenvalue weighted by molar-refractivity contribution is 5.97. The molecule has 2 aliphatic rings. The summed E-state index contributed by atoms with van der Waals surface area (Å²) in [7, 11) is 0. The lowest BCUT2D eigenvalue weighted by molar-refractivity contribution is -0.154. The Balaban J connectivity index is 1.51. The molecular formula is C17H18O4. The lowest BCUT2D eigenvalue weighted by atomic mass is 9.76. The zero-order valence-corrected chi connectivity index (χ0v) is 11.7. The Kier molecular flexibility index (Phi) is 4.15. The number of esters is 2. The van der Waals surface area contributed by atoms with Gasteiger partial charge in [-0.05, 0) is 24.3 Å². The maximum Gasteiger partial charge on any atom is 0.318 e. The van der Waals surface area contributed by atoms with Gasteiger partial charge in [0, 0.05) is 6.61 Å². The smallest absolute Gasteiger partial charge is 0.318 e. The van der Waals surface area contributed by atoms with Crippen LogP contribution < -0.4 is 0 Å². The number of hydrogen-bond donors (Lipinski definition) is 0. The molecule has 0 aromatic heterocycles. The SMILES string of the molecule is O=C1OC(=O)[C@H]2CC=C[C@@H](CCOCc3ccccc3)[C@@H]12. The molecule has 110 valence electrons. The molecule has 1 aliphatic heterocycles. The van der Waals surface area contributed by atoms with Crippen LogP contribution in [0.3, 0.4) is 0 Å². The topological polar surface area (TPSA) is 52.6 Å². The molecular weight excluding hydrogens is 268 g/mol. The van der Waals surface area contributed by atoms with Gasteiger partial charge in [0.25, 0.3) is 0 Å². The van der Waals surface area contributed by atoms with Gasteiger partial charge < -0.3 is 9.47 Å². The Bertz CT molecular complexity index is 549. The van der Waals surface area contributed by atoms with Gasteiger partial charge in [0.05, 0.1) is 18.4 Å². The second kappa shape index (κ2) is 6.22. The number of ether oxygens (including phenoxy) is 2. The van der Waals surface area contributed by atoms with E-state index in [1.807, 2.05) is 42.5 Å². The van der Waals surface area contributed by atoms with Gasteiger partial charge >= 0.3 is 11.9 Å². The van der Waals surface area contributed by atoms with E-state index in [1.165, 1.54) is 0 Å². The summed E-state index contributed by atoms with van der Waals surface area (Å²) in [5.74, 6) is -1.31. The van der Waals surface area contributed by atoms with Crippen LogP contribution in [-0.4, -0.2) is 18.5 Å². The lowest BCUT2D eigenvalue weighted by Gasteiger charge is -2.24. The molecule has 0 radical (unpaired) electrons. The van der Waals surface area contributed by atoms with Gasteiger partial charge in [0.1, 0.15) is 0 Å². The Morgan fingerprint density at radius 1 is 1.14 bits per heavy atom. The van der Waals surface area contributed by atoms with Crippen LogP contribution in [0.2, 0.25) is 0 Å². The van der Waals surface area contributed by atoms with Crippen molar-refractivity contribution in [3.05, 3.63) is 48.0 Å². The fourth-order valence-corrected chi connectivity index (χ4v) is 3.05. The summed E-state index contributed by atoms with van der Waals surface area (Å²) in [4.78, 5) is 23.3. The van der Waals surface area contributed by atoms with E-state index in [1.54, 1.807) is 0 Å². The van der Waals surface area contributed by atoms with E-state index in [0.717, 1.165) is 12.0 Å². The summed E-state index contributed by atoms with van der Waals surface area (Å²) in [6.45, 7) is 1.13. The molecule has 0 N–H and O–H groups in total. The van der Waals surface area contributed by atoms with E-state index in [-0.39, 0.29) is 29.7 Å². The van der Waals surface area contributed by atoms with Gasteiger partial charge in [-0.3, -0.25) is 9.59 Å². The number of benzene rings is 1. The first kappa shape index (κ1) is 14.0. The molecule has 21 heavy (non-hydrogen) atoms. The maximum atomic E-state index is 11.8. The van der Waals surface area contributed by atoms with Crippen LogP contribution in [0.1, 0.15) is 18.4 Å². The Morgan fingerprint density at radius 3 is 2.76 bits per heavy atom. The van der Waals surface area contributed by atoms with Crippen LogP contribution in [-0.2, 0) is 25.7 Å². The molecule has 4 heteroatoms. The second-order valence-corrected chi connectivity index (χ2v) is 5.53. The summed E-state index contributed by atoms with van der Waals surface area (Å²) in [5, 5.41) is 0. The van der Waals surface area contributed by atoms with Crippen LogP contribution in [0.4, 0.5) is 0 Å². The minimum absolute atomic E-state index is 0.0403. The quantitative estimate of drug-likeness (QED) is 0.361. The number of rotatable bonds is 5. The number of hydrogen-bond acceptors (Lipinski definition) is 4. The standard InChI is InChI=1S/C17H18O4/c18-16-14-8-4-7-13(15(14)17(19)21-16)9-10-20-11-12-5-2-1-3-6-12/h1-7,13-15H,8-11H2/t13-,14-,15+/m0/s1. The summed E-state index contributed by atoms with van der Waals surface area (Å²) < 4.78 is 10.4. The molecule has 1 aromatic carbocycles. The van der Waals surface area contributed by atoms with E-state index in [9.17, 15) is 9.59 Å². The normalized spacial score (nSPS) is 27.5. The Hall–Kier alpha value is -1.94. The van der Waals surface area contributed by atoms with Crippen molar-refractivity contribution in [2.75, 3.05) is 6.61 Å². The molecule has 1 aromatic rings. The van der Waals surface area contributed by atoms with Crippen molar-refractivity contribution in [1.29, 1.82) is 0 Å². The predicted molar refractivity (Wildman–Crippen MR) is 76.0 cm³/mol. The van der Waals surface area contributed by atoms with Gasteiger partial charge in [-0.1, -0.05) is 42.5 Å². The predicted octanol–water partition coefficient (Wildman–Crippen LogP) is 2.49. The highest BCUT2D eigenvalue weighted by atomic mass is 16.6. The van der Waals surface area contributed by atoms with Crippen molar-refractivity contribution in [1.82, 2.24) is 0 Å². The van der Waals surface area contributed by atoms with Crippen LogP contribution in [0.5, 0.6) is 0 Å². The van der Waals surface area contributed by atoms with Crippen LogP contribution in [0.25, 0.3) is 0 Å². The van der Waals surface area contributed by atoms with Crippen LogP contribution >= 0.6 is 0 Å². The molecule has 1 aliphatic carbocycles. The Morgan fingerprint density at radius 2 is 1.95 bits per heavy atom. The third-order valence-corrected chi connectivity index (χ3v) is 4.15. The first-order valence-corrected chi connectivity index (χ1v) is 7.29. The van der Waals surface area contributed by atoms with E-state index in [4.69, 9.17) is 9.47 Å². The monoisotopic (exact) mass is 286 g/mol. The molecule has 3 atom stereocenters. The molecule has 3 rings (SSSR count). The summed E-state index contributed by atoms with van der Waals surface area (Å²) in [5.41, 5.74) is 1.13. The van der Waals surface area contributed by atoms with Crippen molar-refractivity contribution in [2.24, 2.45) is 17.8 Å². The third kappa shape index (κ3) is 3.05. The van der Waals surface area contributed by atoms with Gasteiger partial charge in [0.2, 0.25) is 0 Å². The van der Waals surface area contributed by atoms with Gasteiger partial charge in [-0.15, -0.1) is 0 Å². The van der Waals surface area contributed by atoms with E-state index >= 15 is 0 Å². The molecule has 0 bridgehead atoms. The maximum absolute atomic E-state index is 11.8. The van der Waals surface area contributed by atoms with Gasteiger partial charge in [-0.2, -0.15) is 0 Å². The number of carbonyl (C=O) groups excluding carboxylic acids is 2. The summed E-state index contributed by atoms with van der Waals surface area (Å²) in [6.07, 6.45) is 5.33. The fraction of sp³-hybridized carbons (Fsp3) is 0.412. The second-order valence-electron chi connectivity index (χ2n) is 5.53. The number of cyclic esters (lactones) is 2. The molecule has 4 nitrogen and oxygen atoms in total. The highest BCUT2D eigenvalue weighted by Crippen LogP contribution is 2.38. The van der Waals surface area contributed by atoms with E-state index < -0.39 is 0 Å². The van der Waals surface area contributed by atoms with Crippen molar-refractivity contribution in [2.45, 2.75) is 19.4 Å². The number of allylic oxidation sites excluding steroid dienone is 2. The Labute approximate surface area is 123 Å². The molecule has 0 amide bonds. The molecule has 0 spiro atoms. The average molecular weight is 286 g/mol. The first-order valence-electron chi connectivity index (χ1n) is 7.29. The average Bonchev–Trinajstić information content (AvgIpc) is 2.80. The van der Waals surface area contributed by atoms with Crippen molar-refractivity contribution < 1.29 is 19.1 Å².